The number of fused-ring (bicyclic) bond motifs is 1. The lowest BCUT2D eigenvalue weighted by Gasteiger charge is -2.17. The number of aliphatic hydroxyl groups excluding tert-OH is 1. The number of halogens is 1. The van der Waals surface area contributed by atoms with Crippen molar-refractivity contribution in [2.75, 3.05) is 0 Å². The largest absolute Gasteiger partial charge is 0.384 e. The third-order valence-corrected chi connectivity index (χ3v) is 4.01. The molecule has 1 N–H and O–H groups in total. The molecule has 0 bridgehead atoms. The van der Waals surface area contributed by atoms with Gasteiger partial charge in [0.1, 0.15) is 11.9 Å². The Morgan fingerprint density at radius 2 is 1.48 bits per heavy atom. The normalized spacial score (nSPS) is 12.6. The van der Waals surface area contributed by atoms with Crippen molar-refractivity contribution in [3.63, 3.8) is 0 Å². The summed E-state index contributed by atoms with van der Waals surface area (Å²) in [4.78, 5) is 0. The van der Waals surface area contributed by atoms with Crippen molar-refractivity contribution in [3.8, 4) is 0 Å². The summed E-state index contributed by atoms with van der Waals surface area (Å²) in [6.07, 6.45) is -0.828. The van der Waals surface area contributed by atoms with Gasteiger partial charge in [0.05, 0.1) is 0 Å². The van der Waals surface area contributed by atoms with Crippen LogP contribution in [0.15, 0.2) is 54.6 Å². The smallest absolute Gasteiger partial charge is 0.123 e. The Morgan fingerprint density at radius 3 is 2.24 bits per heavy atom. The number of rotatable bonds is 2. The van der Waals surface area contributed by atoms with Crippen molar-refractivity contribution in [2.45, 2.75) is 20.0 Å². The van der Waals surface area contributed by atoms with Gasteiger partial charge in [-0.2, -0.15) is 0 Å². The maximum absolute atomic E-state index is 13.5. The Balaban J connectivity index is 2.20. The molecule has 106 valence electrons. The monoisotopic (exact) mass is 280 g/mol. The molecule has 0 aliphatic rings. The van der Waals surface area contributed by atoms with Crippen molar-refractivity contribution in [1.29, 1.82) is 0 Å². The van der Waals surface area contributed by atoms with Crippen LogP contribution < -0.4 is 0 Å². The number of aryl methyl sites for hydroxylation is 2. The molecule has 3 rings (SSSR count). The van der Waals surface area contributed by atoms with Crippen molar-refractivity contribution in [2.24, 2.45) is 0 Å². The SMILES string of the molecule is Cc1ccc(F)cc1C(O)c1ccc(C)c2ccccc12. The first-order valence-corrected chi connectivity index (χ1v) is 7.00. The van der Waals surface area contributed by atoms with E-state index in [1.807, 2.05) is 50.2 Å². The van der Waals surface area contributed by atoms with Gasteiger partial charge in [0, 0.05) is 0 Å². The minimum absolute atomic E-state index is 0.328. The minimum atomic E-state index is -0.828. The molecule has 0 saturated heterocycles. The minimum Gasteiger partial charge on any atom is -0.384 e. The fraction of sp³-hybridized carbons (Fsp3) is 0.158. The maximum Gasteiger partial charge on any atom is 0.123 e. The van der Waals surface area contributed by atoms with Gasteiger partial charge in [-0.25, -0.2) is 4.39 Å². The zero-order chi connectivity index (χ0) is 15.0. The fourth-order valence-corrected chi connectivity index (χ4v) is 2.78. The van der Waals surface area contributed by atoms with E-state index in [0.29, 0.717) is 5.56 Å². The number of hydrogen-bond acceptors (Lipinski definition) is 1. The van der Waals surface area contributed by atoms with Crippen LogP contribution in [-0.2, 0) is 0 Å². The van der Waals surface area contributed by atoms with Gasteiger partial charge in [-0.05, 0) is 59.0 Å². The molecular formula is C19H17FO. The van der Waals surface area contributed by atoms with Crippen LogP contribution in [0.3, 0.4) is 0 Å². The van der Waals surface area contributed by atoms with Crippen LogP contribution in [0.1, 0.15) is 28.4 Å². The molecule has 0 amide bonds. The second-order valence-electron chi connectivity index (χ2n) is 5.42. The van der Waals surface area contributed by atoms with Gasteiger partial charge < -0.3 is 5.11 Å². The van der Waals surface area contributed by atoms with Gasteiger partial charge in [-0.3, -0.25) is 0 Å². The molecule has 1 nitrogen and oxygen atoms in total. The van der Waals surface area contributed by atoms with E-state index >= 15 is 0 Å². The van der Waals surface area contributed by atoms with E-state index in [9.17, 15) is 9.50 Å². The van der Waals surface area contributed by atoms with Gasteiger partial charge in [-0.15, -0.1) is 0 Å². The van der Waals surface area contributed by atoms with Crippen LogP contribution in [0, 0.1) is 19.7 Å². The van der Waals surface area contributed by atoms with E-state index in [1.165, 1.54) is 12.1 Å². The quantitative estimate of drug-likeness (QED) is 0.722. The van der Waals surface area contributed by atoms with Crippen LogP contribution >= 0.6 is 0 Å². The maximum atomic E-state index is 13.5. The highest BCUT2D eigenvalue weighted by molar-refractivity contribution is 5.89. The number of aliphatic hydroxyl groups is 1. The lowest BCUT2D eigenvalue weighted by Crippen LogP contribution is -2.04. The third-order valence-electron chi connectivity index (χ3n) is 4.01. The zero-order valence-corrected chi connectivity index (χ0v) is 12.1. The molecule has 3 aromatic rings. The average Bonchev–Trinajstić information content (AvgIpc) is 2.50. The van der Waals surface area contributed by atoms with Crippen LogP contribution in [0.5, 0.6) is 0 Å². The van der Waals surface area contributed by atoms with Crippen molar-refractivity contribution in [3.05, 3.63) is 82.7 Å². The van der Waals surface area contributed by atoms with E-state index in [2.05, 4.69) is 0 Å². The first-order chi connectivity index (χ1) is 10.1. The van der Waals surface area contributed by atoms with E-state index < -0.39 is 6.10 Å². The molecular weight excluding hydrogens is 263 g/mol. The third kappa shape index (κ3) is 2.43. The molecule has 0 fully saturated rings. The highest BCUT2D eigenvalue weighted by Gasteiger charge is 2.16. The molecule has 0 radical (unpaired) electrons. The molecule has 1 unspecified atom stereocenters. The van der Waals surface area contributed by atoms with Crippen molar-refractivity contribution in [1.82, 2.24) is 0 Å². The van der Waals surface area contributed by atoms with Crippen LogP contribution in [0.4, 0.5) is 4.39 Å². The Bertz CT molecular complexity index is 808. The summed E-state index contributed by atoms with van der Waals surface area (Å²) in [5.74, 6) is -0.328. The second kappa shape index (κ2) is 5.30. The molecule has 0 aliphatic heterocycles. The molecule has 3 aromatic carbocycles. The lowest BCUT2D eigenvalue weighted by atomic mass is 9.92. The first-order valence-electron chi connectivity index (χ1n) is 7.00. The van der Waals surface area contributed by atoms with Gasteiger partial charge >= 0.3 is 0 Å². The molecule has 0 aromatic heterocycles. The summed E-state index contributed by atoms with van der Waals surface area (Å²) >= 11 is 0. The van der Waals surface area contributed by atoms with E-state index in [4.69, 9.17) is 0 Å². The van der Waals surface area contributed by atoms with Crippen LogP contribution in [0.25, 0.3) is 10.8 Å². The van der Waals surface area contributed by atoms with Crippen LogP contribution in [-0.4, -0.2) is 5.11 Å². The standard InChI is InChI=1S/C19H17FO/c1-12-8-10-17(16-6-4-3-5-15(12)16)19(21)18-11-14(20)9-7-13(18)2/h3-11,19,21H,1-2H3. The molecule has 0 saturated carbocycles. The summed E-state index contributed by atoms with van der Waals surface area (Å²) < 4.78 is 13.5. The predicted octanol–water partition coefficient (Wildman–Crippen LogP) is 4.68. The van der Waals surface area contributed by atoms with Crippen LogP contribution in [0.2, 0.25) is 0 Å². The topological polar surface area (TPSA) is 20.2 Å². The Kier molecular flexibility index (Phi) is 3.48. The molecule has 21 heavy (non-hydrogen) atoms. The zero-order valence-electron chi connectivity index (χ0n) is 12.1. The van der Waals surface area contributed by atoms with Gasteiger partial charge in [0.25, 0.3) is 0 Å². The average molecular weight is 280 g/mol. The number of hydrogen-bond donors (Lipinski definition) is 1. The highest BCUT2D eigenvalue weighted by atomic mass is 19.1. The summed E-state index contributed by atoms with van der Waals surface area (Å²) in [7, 11) is 0. The Morgan fingerprint density at radius 1 is 0.810 bits per heavy atom. The summed E-state index contributed by atoms with van der Waals surface area (Å²) in [5, 5.41) is 12.8. The van der Waals surface area contributed by atoms with Crippen molar-refractivity contribution >= 4 is 10.8 Å². The summed E-state index contributed by atoms with van der Waals surface area (Å²) in [5.41, 5.74) is 3.47. The van der Waals surface area contributed by atoms with E-state index in [0.717, 1.165) is 27.5 Å². The lowest BCUT2D eigenvalue weighted by molar-refractivity contribution is 0.220. The Labute approximate surface area is 123 Å². The fourth-order valence-electron chi connectivity index (χ4n) is 2.78. The number of benzene rings is 3. The predicted molar refractivity (Wildman–Crippen MR) is 83.9 cm³/mol. The van der Waals surface area contributed by atoms with Gasteiger partial charge in [0.15, 0.2) is 0 Å². The van der Waals surface area contributed by atoms with Crippen molar-refractivity contribution < 1.29 is 9.50 Å². The molecule has 1 atom stereocenters. The molecule has 0 aliphatic carbocycles. The molecule has 0 spiro atoms. The van der Waals surface area contributed by atoms with E-state index in [-0.39, 0.29) is 5.82 Å². The molecule has 0 heterocycles. The van der Waals surface area contributed by atoms with Gasteiger partial charge in [0.2, 0.25) is 0 Å². The highest BCUT2D eigenvalue weighted by Crippen LogP contribution is 2.32. The van der Waals surface area contributed by atoms with Gasteiger partial charge in [-0.1, -0.05) is 42.5 Å². The Hall–Kier alpha value is -2.19. The van der Waals surface area contributed by atoms with E-state index in [1.54, 1.807) is 6.07 Å². The molecule has 2 heteroatoms. The summed E-state index contributed by atoms with van der Waals surface area (Å²) in [6.45, 7) is 3.93. The summed E-state index contributed by atoms with van der Waals surface area (Å²) in [6, 6.07) is 16.4. The first kappa shape index (κ1) is 13.8. The second-order valence-corrected chi connectivity index (χ2v) is 5.42.